The van der Waals surface area contributed by atoms with Crippen LogP contribution in [0.4, 0.5) is 0 Å². The van der Waals surface area contributed by atoms with Crippen LogP contribution in [0.15, 0.2) is 12.2 Å². The summed E-state index contributed by atoms with van der Waals surface area (Å²) in [7, 11) is -4.47. The minimum absolute atomic E-state index is 0. The van der Waals surface area contributed by atoms with Gasteiger partial charge in [-0.15, -0.1) is 0 Å². The number of carbonyl (C=O) groups excluding carboxylic acids is 1. The summed E-state index contributed by atoms with van der Waals surface area (Å²) in [6.45, 7) is 3.04. The van der Waals surface area contributed by atoms with Gasteiger partial charge in [-0.05, 0) is 39.0 Å². The Morgan fingerprint density at radius 3 is 1.75 bits per heavy atom. The third-order valence-corrected chi connectivity index (χ3v) is 6.75. The van der Waals surface area contributed by atoms with Crippen LogP contribution in [0, 0.1) is 0 Å². The van der Waals surface area contributed by atoms with Crippen LogP contribution in [0.2, 0.25) is 0 Å². The summed E-state index contributed by atoms with van der Waals surface area (Å²) < 4.78 is 30.0. The molecule has 0 saturated heterocycles. The van der Waals surface area contributed by atoms with Gasteiger partial charge in [0, 0.05) is 13.0 Å². The minimum atomic E-state index is -4.47. The quantitative estimate of drug-likeness (QED) is 0.145. The zero-order valence-corrected chi connectivity index (χ0v) is 18.2. The predicted molar refractivity (Wildman–Crippen MR) is 121 cm³/mol. The van der Waals surface area contributed by atoms with E-state index in [1.165, 1.54) is 51.9 Å². The molecule has 1 atom stereocenters. The van der Waals surface area contributed by atoms with Crippen molar-refractivity contribution >= 4 is 45.5 Å². The Morgan fingerprint density at radius 2 is 1.32 bits per heavy atom. The Balaban J connectivity index is 0. The fraction of sp³-hybridized carbons (Fsp3) is 0.857. The van der Waals surface area contributed by atoms with Gasteiger partial charge in [-0.1, -0.05) is 70.4 Å². The van der Waals surface area contributed by atoms with Gasteiger partial charge in [-0.3, -0.25) is 9.35 Å². The Labute approximate surface area is 195 Å². The van der Waals surface area contributed by atoms with Crippen LogP contribution < -0.4 is 5.73 Å². The number of allylic oxidation sites excluding steroid dienone is 2. The number of ketones is 1. The number of Topliss-reactive ketones (excluding diaryl/α,β-unsaturated/α-hetero) is 1. The number of hydrogen-bond donors (Lipinski definition) is 2. The SMILES string of the molecule is CCCCCCCC/C=C\CCCCCCCC(=O)C(C)(CN)S(=O)(=O)O.[NaH]. The molecule has 0 bridgehead atoms. The van der Waals surface area contributed by atoms with Gasteiger partial charge in [-0.2, -0.15) is 8.42 Å². The third kappa shape index (κ3) is 13.5. The standard InChI is InChI=1S/C21H41NO4S.Na.H/c1-3-4-5-6-7-8-9-10-11-12-13-14-15-16-17-18-20(23)21(2,19-22)27(24,25)26;;/h10-11H,3-9,12-19,22H2,1-2H3,(H,24,25,26);;/b11-10-;;. The van der Waals surface area contributed by atoms with Gasteiger partial charge in [0.2, 0.25) is 0 Å². The van der Waals surface area contributed by atoms with Gasteiger partial charge in [0.1, 0.15) is 0 Å². The molecule has 0 aromatic carbocycles. The summed E-state index contributed by atoms with van der Waals surface area (Å²) in [6, 6.07) is 0. The molecule has 0 saturated carbocycles. The molecule has 0 aromatic rings. The van der Waals surface area contributed by atoms with Crippen molar-refractivity contribution in [2.24, 2.45) is 5.73 Å². The third-order valence-electron chi connectivity index (χ3n) is 5.21. The summed E-state index contributed by atoms with van der Waals surface area (Å²) in [6.07, 6.45) is 19.8. The molecule has 0 aliphatic carbocycles. The molecule has 0 heterocycles. The second-order valence-corrected chi connectivity index (χ2v) is 9.52. The van der Waals surface area contributed by atoms with Gasteiger partial charge in [0.25, 0.3) is 10.1 Å². The molecule has 0 fully saturated rings. The van der Waals surface area contributed by atoms with E-state index >= 15 is 0 Å². The molecule has 7 heteroatoms. The molecule has 5 nitrogen and oxygen atoms in total. The molecule has 0 aromatic heterocycles. The van der Waals surface area contributed by atoms with Crippen molar-refractivity contribution in [3.8, 4) is 0 Å². The second kappa shape index (κ2) is 18.1. The van der Waals surface area contributed by atoms with E-state index in [0.717, 1.165) is 32.1 Å². The molecular formula is C21H42NNaO4S. The summed E-state index contributed by atoms with van der Waals surface area (Å²) in [5.41, 5.74) is 5.38. The van der Waals surface area contributed by atoms with Crippen molar-refractivity contribution < 1.29 is 17.8 Å². The van der Waals surface area contributed by atoms with Gasteiger partial charge in [0.15, 0.2) is 10.5 Å². The van der Waals surface area contributed by atoms with Crippen molar-refractivity contribution in [1.82, 2.24) is 0 Å². The van der Waals surface area contributed by atoms with Gasteiger partial charge < -0.3 is 5.73 Å². The average Bonchev–Trinajstić information content (AvgIpc) is 2.62. The average molecular weight is 428 g/mol. The van der Waals surface area contributed by atoms with E-state index in [-0.39, 0.29) is 36.0 Å². The van der Waals surface area contributed by atoms with Crippen molar-refractivity contribution in [3.05, 3.63) is 12.2 Å². The van der Waals surface area contributed by atoms with Crippen molar-refractivity contribution in [2.75, 3.05) is 6.54 Å². The van der Waals surface area contributed by atoms with Crippen LogP contribution in [-0.2, 0) is 14.9 Å². The van der Waals surface area contributed by atoms with Gasteiger partial charge in [0.05, 0.1) is 0 Å². The molecule has 0 aliphatic rings. The molecule has 3 N–H and O–H groups in total. The van der Waals surface area contributed by atoms with E-state index in [0.29, 0.717) is 6.42 Å². The number of nitrogens with two attached hydrogens (primary N) is 1. The van der Waals surface area contributed by atoms with Crippen LogP contribution in [0.5, 0.6) is 0 Å². The fourth-order valence-corrected chi connectivity index (χ4v) is 3.58. The Morgan fingerprint density at radius 1 is 0.893 bits per heavy atom. The fourth-order valence-electron chi connectivity index (χ4n) is 2.98. The molecule has 0 rings (SSSR count). The van der Waals surface area contributed by atoms with E-state index in [1.54, 1.807) is 0 Å². The number of carbonyl (C=O) groups is 1. The van der Waals surface area contributed by atoms with E-state index in [2.05, 4.69) is 19.1 Å². The number of rotatable bonds is 18. The molecule has 0 amide bonds. The summed E-state index contributed by atoms with van der Waals surface area (Å²) in [5, 5.41) is 0. The van der Waals surface area contributed by atoms with Crippen LogP contribution >= 0.6 is 0 Å². The van der Waals surface area contributed by atoms with Crippen LogP contribution in [-0.4, -0.2) is 59.6 Å². The maximum atomic E-state index is 12.0. The zero-order chi connectivity index (χ0) is 20.6. The predicted octanol–water partition coefficient (Wildman–Crippen LogP) is 4.55. The van der Waals surface area contributed by atoms with Crippen LogP contribution in [0.25, 0.3) is 0 Å². The summed E-state index contributed by atoms with van der Waals surface area (Å²) >= 11 is 0. The summed E-state index contributed by atoms with van der Waals surface area (Å²) in [5.74, 6) is -0.495. The molecule has 0 radical (unpaired) electrons. The first-order chi connectivity index (χ1) is 12.8. The topological polar surface area (TPSA) is 97.5 Å². The molecule has 28 heavy (non-hydrogen) atoms. The first kappa shape index (κ1) is 30.5. The summed E-state index contributed by atoms with van der Waals surface area (Å²) in [4.78, 5) is 12.0. The van der Waals surface area contributed by atoms with Crippen LogP contribution in [0.3, 0.4) is 0 Å². The van der Waals surface area contributed by atoms with Gasteiger partial charge in [-0.25, -0.2) is 0 Å². The second-order valence-electron chi connectivity index (χ2n) is 7.67. The molecule has 0 aliphatic heterocycles. The van der Waals surface area contributed by atoms with E-state index in [4.69, 9.17) is 5.73 Å². The van der Waals surface area contributed by atoms with E-state index in [1.807, 2.05) is 0 Å². The molecular weight excluding hydrogens is 385 g/mol. The first-order valence-corrected chi connectivity index (χ1v) is 12.1. The first-order valence-electron chi connectivity index (χ1n) is 10.6. The van der Waals surface area contributed by atoms with E-state index in [9.17, 15) is 17.8 Å². The monoisotopic (exact) mass is 427 g/mol. The molecule has 162 valence electrons. The maximum absolute atomic E-state index is 12.0. The van der Waals surface area contributed by atoms with Crippen molar-refractivity contribution in [3.63, 3.8) is 0 Å². The van der Waals surface area contributed by atoms with Crippen LogP contribution in [0.1, 0.15) is 104 Å². The molecule has 0 spiro atoms. The van der Waals surface area contributed by atoms with E-state index < -0.39 is 27.2 Å². The normalized spacial score (nSPS) is 14.0. The zero-order valence-electron chi connectivity index (χ0n) is 17.4. The molecule has 1 unspecified atom stereocenters. The van der Waals surface area contributed by atoms with Crippen molar-refractivity contribution in [1.29, 1.82) is 0 Å². The Kier molecular flexibility index (Phi) is 19.7. The van der Waals surface area contributed by atoms with Gasteiger partial charge >= 0.3 is 29.6 Å². The van der Waals surface area contributed by atoms with Crippen molar-refractivity contribution in [2.45, 2.75) is 108 Å². The Bertz CT molecular complexity index is 522. The number of unbranched alkanes of at least 4 members (excludes halogenated alkanes) is 11. The Hall–Kier alpha value is 0.280. The number of hydrogen-bond acceptors (Lipinski definition) is 4.